The summed E-state index contributed by atoms with van der Waals surface area (Å²) < 4.78 is 10.5. The predicted octanol–water partition coefficient (Wildman–Crippen LogP) is 3.06. The third kappa shape index (κ3) is 2.63. The maximum absolute atomic E-state index is 12.4. The van der Waals surface area contributed by atoms with Crippen LogP contribution in [0.1, 0.15) is 35.2 Å². The number of anilines is 1. The van der Waals surface area contributed by atoms with E-state index in [1.807, 2.05) is 12.1 Å². The van der Waals surface area contributed by atoms with Gasteiger partial charge in [0, 0.05) is 12.0 Å². The van der Waals surface area contributed by atoms with Gasteiger partial charge in [0.2, 0.25) is 0 Å². The molecular formula is C16H18N2O3. The lowest BCUT2D eigenvalue weighted by molar-refractivity contribution is 0.101. The molecule has 1 atom stereocenters. The number of rotatable bonds is 3. The van der Waals surface area contributed by atoms with E-state index >= 15 is 0 Å². The van der Waals surface area contributed by atoms with Crippen LogP contribution in [0.15, 0.2) is 28.8 Å². The molecule has 1 N–H and O–H groups in total. The Morgan fingerprint density at radius 3 is 3.05 bits per heavy atom. The van der Waals surface area contributed by atoms with E-state index in [1.54, 1.807) is 19.2 Å². The van der Waals surface area contributed by atoms with Crippen molar-refractivity contribution < 1.29 is 14.1 Å². The Bertz CT molecular complexity index is 663. The zero-order valence-electron chi connectivity index (χ0n) is 12.2. The molecule has 5 nitrogen and oxygen atoms in total. The minimum Gasteiger partial charge on any atom is -0.495 e. The summed E-state index contributed by atoms with van der Waals surface area (Å²) in [5.74, 6) is 1.77. The maximum atomic E-state index is 12.4. The quantitative estimate of drug-likeness (QED) is 0.941. The summed E-state index contributed by atoms with van der Waals surface area (Å²) in [5.41, 5.74) is 1.97. The normalized spacial score (nSPS) is 17.1. The van der Waals surface area contributed by atoms with Gasteiger partial charge in [0.1, 0.15) is 11.5 Å². The molecule has 0 aliphatic heterocycles. The molecule has 0 unspecified atom stereocenters. The molecule has 0 radical (unpaired) electrons. The van der Waals surface area contributed by atoms with Crippen LogP contribution in [-0.2, 0) is 12.8 Å². The molecule has 1 aromatic carbocycles. The van der Waals surface area contributed by atoms with Gasteiger partial charge in [0.05, 0.1) is 12.8 Å². The van der Waals surface area contributed by atoms with Crippen LogP contribution in [0, 0.1) is 5.92 Å². The highest BCUT2D eigenvalue weighted by Gasteiger charge is 2.27. The van der Waals surface area contributed by atoms with Crippen LogP contribution in [0.2, 0.25) is 0 Å². The number of ether oxygens (including phenoxy) is 1. The van der Waals surface area contributed by atoms with Crippen LogP contribution < -0.4 is 10.1 Å². The molecule has 1 aromatic heterocycles. The number of aryl methyl sites for hydroxylation is 1. The lowest BCUT2D eigenvalue weighted by atomic mass is 9.88. The Balaban J connectivity index is 1.85. The molecule has 0 spiro atoms. The van der Waals surface area contributed by atoms with E-state index < -0.39 is 0 Å². The number of amides is 1. The first-order valence-electron chi connectivity index (χ1n) is 7.11. The minimum absolute atomic E-state index is 0.251. The first kappa shape index (κ1) is 13.7. The highest BCUT2D eigenvalue weighted by atomic mass is 16.5. The van der Waals surface area contributed by atoms with Gasteiger partial charge in [-0.25, -0.2) is 0 Å². The van der Waals surface area contributed by atoms with Crippen LogP contribution in [0.25, 0.3) is 0 Å². The highest BCUT2D eigenvalue weighted by Crippen LogP contribution is 2.29. The number of carbonyl (C=O) groups excluding carboxylic acids is 1. The summed E-state index contributed by atoms with van der Waals surface area (Å²) >= 11 is 0. The summed E-state index contributed by atoms with van der Waals surface area (Å²) in [6, 6.07) is 7.30. The number of hydrogen-bond acceptors (Lipinski definition) is 4. The molecular weight excluding hydrogens is 268 g/mol. The smallest absolute Gasteiger partial charge is 0.278 e. The second-order valence-electron chi connectivity index (χ2n) is 5.44. The molecule has 21 heavy (non-hydrogen) atoms. The van der Waals surface area contributed by atoms with E-state index in [0.29, 0.717) is 23.0 Å². The SMILES string of the molecule is COc1ccccc1NC(=O)c1noc2c1C[C@H](C)CC2. The monoisotopic (exact) mass is 286 g/mol. The van der Waals surface area contributed by atoms with Crippen LogP contribution in [0.3, 0.4) is 0 Å². The van der Waals surface area contributed by atoms with Crippen molar-refractivity contribution in [2.75, 3.05) is 12.4 Å². The Kier molecular flexibility index (Phi) is 3.64. The zero-order chi connectivity index (χ0) is 14.8. The Labute approximate surface area is 123 Å². The molecule has 1 aliphatic rings. The first-order chi connectivity index (χ1) is 10.2. The van der Waals surface area contributed by atoms with Gasteiger partial charge in [0.25, 0.3) is 5.91 Å². The molecule has 3 rings (SSSR count). The van der Waals surface area contributed by atoms with Crippen molar-refractivity contribution in [1.82, 2.24) is 5.16 Å². The van der Waals surface area contributed by atoms with E-state index in [9.17, 15) is 4.79 Å². The molecule has 0 saturated carbocycles. The third-order valence-corrected chi connectivity index (χ3v) is 3.86. The molecule has 2 aromatic rings. The summed E-state index contributed by atoms with van der Waals surface area (Å²) in [4.78, 5) is 12.4. The lowest BCUT2D eigenvalue weighted by Gasteiger charge is -2.16. The van der Waals surface area contributed by atoms with Crippen LogP contribution in [-0.4, -0.2) is 18.2 Å². The fraction of sp³-hybridized carbons (Fsp3) is 0.375. The fourth-order valence-corrected chi connectivity index (χ4v) is 2.69. The van der Waals surface area contributed by atoms with E-state index in [1.165, 1.54) is 0 Å². The Morgan fingerprint density at radius 2 is 2.24 bits per heavy atom. The number of carbonyl (C=O) groups is 1. The summed E-state index contributed by atoms with van der Waals surface area (Å²) in [5, 5.41) is 6.80. The van der Waals surface area contributed by atoms with Gasteiger partial charge in [-0.15, -0.1) is 0 Å². The number of para-hydroxylation sites is 2. The minimum atomic E-state index is -0.251. The van der Waals surface area contributed by atoms with Crippen molar-refractivity contribution in [3.8, 4) is 5.75 Å². The molecule has 110 valence electrons. The molecule has 1 aliphatic carbocycles. The molecule has 5 heteroatoms. The number of methoxy groups -OCH3 is 1. The molecule has 0 saturated heterocycles. The molecule has 0 bridgehead atoms. The van der Waals surface area contributed by atoms with Crippen molar-refractivity contribution in [2.45, 2.75) is 26.2 Å². The second-order valence-corrected chi connectivity index (χ2v) is 5.44. The van der Waals surface area contributed by atoms with Crippen LogP contribution >= 0.6 is 0 Å². The van der Waals surface area contributed by atoms with Crippen LogP contribution in [0.4, 0.5) is 5.69 Å². The van der Waals surface area contributed by atoms with Gasteiger partial charge < -0.3 is 14.6 Å². The van der Waals surface area contributed by atoms with E-state index in [0.717, 1.165) is 30.6 Å². The predicted molar refractivity (Wildman–Crippen MR) is 78.6 cm³/mol. The van der Waals surface area contributed by atoms with Crippen molar-refractivity contribution in [1.29, 1.82) is 0 Å². The molecule has 0 fully saturated rings. The number of hydrogen-bond donors (Lipinski definition) is 1. The first-order valence-corrected chi connectivity index (χ1v) is 7.11. The van der Waals surface area contributed by atoms with Gasteiger partial charge in [-0.1, -0.05) is 24.2 Å². The lowest BCUT2D eigenvalue weighted by Crippen LogP contribution is -2.18. The number of benzene rings is 1. The van der Waals surface area contributed by atoms with Gasteiger partial charge >= 0.3 is 0 Å². The topological polar surface area (TPSA) is 64.4 Å². The van der Waals surface area contributed by atoms with Gasteiger partial charge in [-0.05, 0) is 30.9 Å². The summed E-state index contributed by atoms with van der Waals surface area (Å²) in [6.07, 6.45) is 2.77. The van der Waals surface area contributed by atoms with Crippen molar-refractivity contribution >= 4 is 11.6 Å². The van der Waals surface area contributed by atoms with Gasteiger partial charge in [0.15, 0.2) is 5.69 Å². The number of fused-ring (bicyclic) bond motifs is 1. The maximum Gasteiger partial charge on any atom is 0.278 e. The van der Waals surface area contributed by atoms with E-state index in [4.69, 9.17) is 9.26 Å². The van der Waals surface area contributed by atoms with E-state index in [-0.39, 0.29) is 5.91 Å². The summed E-state index contributed by atoms with van der Waals surface area (Å²) in [6.45, 7) is 2.18. The van der Waals surface area contributed by atoms with Gasteiger partial charge in [-0.2, -0.15) is 0 Å². The Hall–Kier alpha value is -2.30. The van der Waals surface area contributed by atoms with E-state index in [2.05, 4.69) is 17.4 Å². The average molecular weight is 286 g/mol. The number of nitrogens with one attached hydrogen (secondary N) is 1. The van der Waals surface area contributed by atoms with Crippen molar-refractivity contribution in [2.24, 2.45) is 5.92 Å². The number of aromatic nitrogens is 1. The average Bonchev–Trinajstić information content (AvgIpc) is 2.90. The third-order valence-electron chi connectivity index (χ3n) is 3.86. The largest absolute Gasteiger partial charge is 0.495 e. The zero-order valence-corrected chi connectivity index (χ0v) is 12.2. The fourth-order valence-electron chi connectivity index (χ4n) is 2.69. The second kappa shape index (κ2) is 5.60. The van der Waals surface area contributed by atoms with Crippen LogP contribution in [0.5, 0.6) is 5.75 Å². The highest BCUT2D eigenvalue weighted by molar-refractivity contribution is 6.04. The molecule has 1 heterocycles. The van der Waals surface area contributed by atoms with Crippen molar-refractivity contribution in [3.05, 3.63) is 41.3 Å². The standard InChI is InChI=1S/C16H18N2O3/c1-10-7-8-13-11(9-10)15(18-21-13)16(19)17-12-5-3-4-6-14(12)20-2/h3-6,10H,7-9H2,1-2H3,(H,17,19)/t10-/m1/s1. The van der Waals surface area contributed by atoms with Gasteiger partial charge in [-0.3, -0.25) is 4.79 Å². The molecule has 1 amide bonds. The summed E-state index contributed by atoms with van der Waals surface area (Å²) in [7, 11) is 1.57. The number of nitrogens with zero attached hydrogens (tertiary/aromatic N) is 1. The Morgan fingerprint density at radius 1 is 1.43 bits per heavy atom. The van der Waals surface area contributed by atoms with Crippen molar-refractivity contribution in [3.63, 3.8) is 0 Å².